The molecule has 0 bridgehead atoms. The maximum Gasteiger partial charge on any atom is 0.448 e. The van der Waals surface area contributed by atoms with Crippen LogP contribution in [0.15, 0.2) is 45.3 Å². The van der Waals surface area contributed by atoms with Crippen LogP contribution in [0.25, 0.3) is 0 Å². The maximum atomic E-state index is 12.6. The number of furan rings is 1. The van der Waals surface area contributed by atoms with Gasteiger partial charge in [-0.25, -0.2) is 4.79 Å². The molecule has 0 aliphatic carbocycles. The van der Waals surface area contributed by atoms with Crippen LogP contribution in [0, 0.1) is 10.1 Å². The minimum atomic E-state index is -0.953. The lowest BCUT2D eigenvalue weighted by Crippen LogP contribution is -2.46. The lowest BCUT2D eigenvalue weighted by molar-refractivity contribution is -0.403. The minimum absolute atomic E-state index is 0.0196. The van der Waals surface area contributed by atoms with E-state index in [1.165, 1.54) is 0 Å². The van der Waals surface area contributed by atoms with Crippen LogP contribution in [0.5, 0.6) is 0 Å². The van der Waals surface area contributed by atoms with Gasteiger partial charge in [0.15, 0.2) is 6.61 Å². The Morgan fingerprint density at radius 3 is 2.41 bits per heavy atom. The van der Waals surface area contributed by atoms with Crippen molar-refractivity contribution in [1.82, 2.24) is 4.90 Å². The molecule has 1 amide bonds. The molecule has 8 nitrogen and oxygen atoms in total. The fourth-order valence-electron chi connectivity index (χ4n) is 2.33. The van der Waals surface area contributed by atoms with Crippen molar-refractivity contribution in [1.29, 1.82) is 0 Å². The van der Waals surface area contributed by atoms with Crippen molar-refractivity contribution in [2.45, 2.75) is 32.9 Å². The fourth-order valence-corrected chi connectivity index (χ4v) is 2.76. The summed E-state index contributed by atoms with van der Waals surface area (Å²) in [5, 5.41) is 10.8. The molecule has 0 saturated heterocycles. The molecule has 0 atom stereocenters. The van der Waals surface area contributed by atoms with E-state index in [-0.39, 0.29) is 16.1 Å². The van der Waals surface area contributed by atoms with Gasteiger partial charge in [-0.15, -0.1) is 0 Å². The second-order valence-electron chi connectivity index (χ2n) is 6.73. The van der Waals surface area contributed by atoms with Gasteiger partial charge in [0.05, 0.1) is 0 Å². The highest BCUT2D eigenvalue weighted by atomic mass is 79.9. The molecule has 1 aromatic heterocycles. The van der Waals surface area contributed by atoms with Gasteiger partial charge >= 0.3 is 11.9 Å². The van der Waals surface area contributed by atoms with Crippen LogP contribution >= 0.6 is 15.9 Å². The Hall–Kier alpha value is -2.68. The number of carbonyl (C=O) groups is 2. The second kappa shape index (κ2) is 8.34. The number of hydrogen-bond acceptors (Lipinski definition) is 6. The number of nitro groups is 1. The van der Waals surface area contributed by atoms with Crippen LogP contribution in [0.3, 0.4) is 0 Å². The molecular weight excluding hydrogens is 420 g/mol. The van der Waals surface area contributed by atoms with E-state index in [0.29, 0.717) is 6.54 Å². The van der Waals surface area contributed by atoms with Crippen molar-refractivity contribution in [3.05, 3.63) is 62.3 Å². The predicted octanol–water partition coefficient (Wildman–Crippen LogP) is 3.93. The standard InChI is InChI=1S/C18H19BrN2O6/c1-18(2,3)20(10-12-7-5-4-6-8-12)15(22)11-26-17(23)14-9-13(19)16(27-14)21(24)25/h4-9H,10-11H2,1-3H3. The van der Waals surface area contributed by atoms with E-state index in [0.717, 1.165) is 11.6 Å². The Labute approximate surface area is 164 Å². The third-order valence-electron chi connectivity index (χ3n) is 3.66. The first-order valence-corrected chi connectivity index (χ1v) is 8.84. The van der Waals surface area contributed by atoms with Crippen LogP contribution in [-0.2, 0) is 16.1 Å². The summed E-state index contributed by atoms with van der Waals surface area (Å²) in [6, 6.07) is 10.6. The largest absolute Gasteiger partial charge is 0.450 e. The first-order valence-electron chi connectivity index (χ1n) is 8.05. The van der Waals surface area contributed by atoms with Gasteiger partial charge in [0.2, 0.25) is 5.76 Å². The molecule has 0 spiro atoms. The third-order valence-corrected chi connectivity index (χ3v) is 4.22. The monoisotopic (exact) mass is 438 g/mol. The van der Waals surface area contributed by atoms with Crippen molar-refractivity contribution in [2.75, 3.05) is 6.61 Å². The van der Waals surface area contributed by atoms with Crippen LogP contribution in [0.2, 0.25) is 0 Å². The van der Waals surface area contributed by atoms with Crippen molar-refractivity contribution in [2.24, 2.45) is 0 Å². The summed E-state index contributed by atoms with van der Waals surface area (Å²) in [4.78, 5) is 36.2. The van der Waals surface area contributed by atoms with E-state index in [4.69, 9.17) is 9.15 Å². The molecule has 0 radical (unpaired) electrons. The maximum absolute atomic E-state index is 12.6. The zero-order valence-electron chi connectivity index (χ0n) is 15.1. The fraction of sp³-hybridized carbons (Fsp3) is 0.333. The zero-order valence-corrected chi connectivity index (χ0v) is 16.7. The smallest absolute Gasteiger partial charge is 0.448 e. The summed E-state index contributed by atoms with van der Waals surface area (Å²) in [7, 11) is 0. The number of esters is 1. The molecule has 0 aliphatic heterocycles. The Balaban J connectivity index is 2.05. The highest BCUT2D eigenvalue weighted by molar-refractivity contribution is 9.10. The number of hydrogen-bond donors (Lipinski definition) is 0. The molecule has 2 rings (SSSR count). The highest BCUT2D eigenvalue weighted by Crippen LogP contribution is 2.29. The molecule has 1 heterocycles. The van der Waals surface area contributed by atoms with Gasteiger partial charge in [-0.3, -0.25) is 14.9 Å². The quantitative estimate of drug-likeness (QED) is 0.384. The van der Waals surface area contributed by atoms with Crippen LogP contribution < -0.4 is 0 Å². The van der Waals surface area contributed by atoms with Gasteiger partial charge in [0.25, 0.3) is 5.91 Å². The minimum Gasteiger partial charge on any atom is -0.450 e. The van der Waals surface area contributed by atoms with E-state index in [1.54, 1.807) is 4.90 Å². The van der Waals surface area contributed by atoms with Crippen molar-refractivity contribution >= 4 is 33.7 Å². The first-order chi connectivity index (χ1) is 12.6. The van der Waals surface area contributed by atoms with E-state index < -0.39 is 28.9 Å². The molecule has 1 aromatic carbocycles. The average molecular weight is 439 g/mol. The summed E-state index contributed by atoms with van der Waals surface area (Å²) < 4.78 is 9.85. The predicted molar refractivity (Wildman–Crippen MR) is 100 cm³/mol. The molecule has 27 heavy (non-hydrogen) atoms. The van der Waals surface area contributed by atoms with E-state index in [2.05, 4.69) is 15.9 Å². The number of amides is 1. The number of carbonyl (C=O) groups excluding carboxylic acids is 2. The number of nitrogens with zero attached hydrogens (tertiary/aromatic N) is 2. The summed E-state index contributed by atoms with van der Waals surface area (Å²) in [5.74, 6) is -2.30. The van der Waals surface area contributed by atoms with Gasteiger partial charge in [-0.05, 0) is 42.3 Å². The van der Waals surface area contributed by atoms with Crippen molar-refractivity contribution in [3.63, 3.8) is 0 Å². The van der Waals surface area contributed by atoms with Crippen molar-refractivity contribution in [3.8, 4) is 0 Å². The molecule has 0 aliphatic rings. The highest BCUT2D eigenvalue weighted by Gasteiger charge is 2.29. The molecule has 0 fully saturated rings. The van der Waals surface area contributed by atoms with E-state index in [9.17, 15) is 19.7 Å². The zero-order chi connectivity index (χ0) is 20.2. The van der Waals surface area contributed by atoms with E-state index in [1.807, 2.05) is 51.1 Å². The number of rotatable bonds is 6. The number of halogens is 1. The topological polar surface area (TPSA) is 103 Å². The van der Waals surface area contributed by atoms with Crippen LogP contribution in [0.1, 0.15) is 36.9 Å². The normalized spacial score (nSPS) is 11.1. The Morgan fingerprint density at radius 1 is 1.26 bits per heavy atom. The Kier molecular flexibility index (Phi) is 6.37. The van der Waals surface area contributed by atoms with Crippen LogP contribution in [-0.4, -0.2) is 33.8 Å². The summed E-state index contributed by atoms with van der Waals surface area (Å²) in [6.07, 6.45) is 0. The molecule has 144 valence electrons. The van der Waals surface area contributed by atoms with Crippen LogP contribution in [0.4, 0.5) is 5.88 Å². The van der Waals surface area contributed by atoms with Gasteiger partial charge in [-0.1, -0.05) is 30.3 Å². The van der Waals surface area contributed by atoms with Crippen molar-refractivity contribution < 1.29 is 23.7 Å². The van der Waals surface area contributed by atoms with Gasteiger partial charge in [0.1, 0.15) is 9.40 Å². The number of benzene rings is 1. The van der Waals surface area contributed by atoms with Gasteiger partial charge in [-0.2, -0.15) is 0 Å². The molecule has 9 heteroatoms. The third kappa shape index (κ3) is 5.40. The molecule has 2 aromatic rings. The average Bonchev–Trinajstić information content (AvgIpc) is 2.99. The summed E-state index contributed by atoms with van der Waals surface area (Å²) in [5.41, 5.74) is 0.448. The summed E-state index contributed by atoms with van der Waals surface area (Å²) >= 11 is 2.93. The van der Waals surface area contributed by atoms with Gasteiger partial charge < -0.3 is 14.1 Å². The number of ether oxygens (including phenoxy) is 1. The van der Waals surface area contributed by atoms with Gasteiger partial charge in [0, 0.05) is 18.2 Å². The van der Waals surface area contributed by atoms with E-state index >= 15 is 0 Å². The molecule has 0 N–H and O–H groups in total. The first kappa shape index (κ1) is 20.6. The lowest BCUT2D eigenvalue weighted by atomic mass is 10.0. The molecular formula is C18H19BrN2O6. The second-order valence-corrected chi connectivity index (χ2v) is 7.59. The summed E-state index contributed by atoms with van der Waals surface area (Å²) in [6.45, 7) is 5.49. The SMILES string of the molecule is CC(C)(C)N(Cc1ccccc1)C(=O)COC(=O)c1cc(Br)c([N+](=O)[O-])o1. The molecule has 0 saturated carbocycles. The Morgan fingerprint density at radius 2 is 1.89 bits per heavy atom. The Bertz CT molecular complexity index is 841. The lowest BCUT2D eigenvalue weighted by Gasteiger charge is -2.35. The molecule has 0 unspecified atom stereocenters.